The van der Waals surface area contributed by atoms with Crippen LogP contribution < -0.4 is 21.1 Å². The van der Waals surface area contributed by atoms with E-state index in [-0.39, 0.29) is 24.0 Å². The van der Waals surface area contributed by atoms with Crippen LogP contribution in [0.4, 0.5) is 22.2 Å². The molecule has 5 rings (SSSR count). The van der Waals surface area contributed by atoms with Gasteiger partial charge in [-0.1, -0.05) is 23.8 Å². The van der Waals surface area contributed by atoms with Crippen LogP contribution in [0.3, 0.4) is 0 Å². The molecule has 3 aliphatic rings. The first-order valence-corrected chi connectivity index (χ1v) is 12.9. The molecular formula is C26H33ClN6O4. The molecule has 4 atom stereocenters. The van der Waals surface area contributed by atoms with Gasteiger partial charge in [-0.3, -0.25) is 0 Å². The Bertz CT molecular complexity index is 1180. The van der Waals surface area contributed by atoms with Gasteiger partial charge >= 0.3 is 6.09 Å². The minimum absolute atomic E-state index is 0.127. The van der Waals surface area contributed by atoms with Gasteiger partial charge in [0.05, 0.1) is 31.6 Å². The summed E-state index contributed by atoms with van der Waals surface area (Å²) in [5.74, 6) is 1.90. The third kappa shape index (κ3) is 5.61. The maximum Gasteiger partial charge on any atom is 0.404 e. The van der Waals surface area contributed by atoms with E-state index in [9.17, 15) is 4.79 Å². The molecule has 2 aliphatic carbocycles. The SMILES string of the molecule is COCCN1CCc2cc(Nc3ncc(Cl)c(N[C@H]4[C@@H](OC(N)=O)[C@@H]5C=C[C@H]4C5)n3)c(OC)cc2CC1. The number of amides is 1. The molecule has 0 spiro atoms. The zero-order valence-corrected chi connectivity index (χ0v) is 21.8. The van der Waals surface area contributed by atoms with Gasteiger partial charge in [0, 0.05) is 38.6 Å². The highest BCUT2D eigenvalue weighted by molar-refractivity contribution is 6.32. The van der Waals surface area contributed by atoms with Crippen molar-refractivity contribution in [3.8, 4) is 5.75 Å². The largest absolute Gasteiger partial charge is 0.495 e. The third-order valence-electron chi connectivity index (χ3n) is 7.46. The van der Waals surface area contributed by atoms with E-state index in [0.717, 1.165) is 56.9 Å². The van der Waals surface area contributed by atoms with Gasteiger partial charge in [0.1, 0.15) is 16.9 Å². The van der Waals surface area contributed by atoms with Crippen molar-refractivity contribution in [2.45, 2.75) is 31.4 Å². The Morgan fingerprint density at radius 3 is 2.68 bits per heavy atom. The van der Waals surface area contributed by atoms with Gasteiger partial charge in [-0.2, -0.15) is 4.98 Å². The molecule has 11 heteroatoms. The van der Waals surface area contributed by atoms with Gasteiger partial charge in [0.15, 0.2) is 5.82 Å². The molecule has 2 bridgehead atoms. The lowest BCUT2D eigenvalue weighted by Crippen LogP contribution is -2.41. The second-order valence-corrected chi connectivity index (χ2v) is 10.1. The number of halogens is 1. The van der Waals surface area contributed by atoms with Crippen LogP contribution in [0.5, 0.6) is 5.75 Å². The normalized spacial score (nSPS) is 24.4. The van der Waals surface area contributed by atoms with Gasteiger partial charge in [-0.05, 0) is 42.5 Å². The number of primary amides is 1. The molecule has 1 amide bonds. The number of nitrogens with two attached hydrogens (primary N) is 1. The number of nitrogens with one attached hydrogen (secondary N) is 2. The Morgan fingerprint density at radius 1 is 1.19 bits per heavy atom. The number of hydrogen-bond donors (Lipinski definition) is 3. The summed E-state index contributed by atoms with van der Waals surface area (Å²) in [5, 5.41) is 7.06. The summed E-state index contributed by atoms with van der Waals surface area (Å²) in [6.45, 7) is 3.61. The smallest absolute Gasteiger partial charge is 0.404 e. The average Bonchev–Trinajstić information content (AvgIpc) is 3.42. The van der Waals surface area contributed by atoms with Gasteiger partial charge in [-0.25, -0.2) is 9.78 Å². The average molecular weight is 529 g/mol. The molecule has 1 aromatic heterocycles. The first kappa shape index (κ1) is 25.6. The quantitative estimate of drug-likeness (QED) is 0.420. The van der Waals surface area contributed by atoms with E-state index in [1.54, 1.807) is 20.4 Å². The summed E-state index contributed by atoms with van der Waals surface area (Å²) in [5.41, 5.74) is 8.67. The number of nitrogens with zero attached hydrogens (tertiary/aromatic N) is 3. The number of carbonyl (C=O) groups excluding carboxylic acids is 1. The standard InChI is InChI=1S/C26H33ClN6O4/c1-35-10-9-33-7-5-15-12-20(21(36-2)13-16(15)6-8-33)30-26-29-14-19(27)24(32-26)31-22-17-3-4-18(11-17)23(22)37-25(28)34/h3-4,12-14,17-18,22-23H,5-11H2,1-2H3,(H2,28,34)(H2,29,30,31,32)/t17-,18+,22+,23-/m0/s1. The monoisotopic (exact) mass is 528 g/mol. The molecule has 0 saturated heterocycles. The van der Waals surface area contributed by atoms with Crippen LogP contribution in [-0.2, 0) is 22.3 Å². The summed E-state index contributed by atoms with van der Waals surface area (Å²) in [6.07, 6.45) is 7.38. The van der Waals surface area contributed by atoms with Crippen LogP contribution in [-0.4, -0.2) is 73.6 Å². The number of hydrogen-bond acceptors (Lipinski definition) is 9. The lowest BCUT2D eigenvalue weighted by atomic mass is 9.98. The zero-order valence-electron chi connectivity index (χ0n) is 21.1. The highest BCUT2D eigenvalue weighted by atomic mass is 35.5. The fourth-order valence-corrected chi connectivity index (χ4v) is 5.72. The van der Waals surface area contributed by atoms with E-state index in [1.165, 1.54) is 11.1 Å². The highest BCUT2D eigenvalue weighted by Gasteiger charge is 2.47. The number of carbonyl (C=O) groups is 1. The third-order valence-corrected chi connectivity index (χ3v) is 7.74. The fraction of sp³-hybridized carbons (Fsp3) is 0.500. The molecule has 1 saturated carbocycles. The molecule has 37 heavy (non-hydrogen) atoms. The van der Waals surface area contributed by atoms with Crippen molar-refractivity contribution in [2.75, 3.05) is 51.1 Å². The number of aromatic nitrogens is 2. The Kier molecular flexibility index (Phi) is 7.68. The van der Waals surface area contributed by atoms with Gasteiger partial charge in [-0.15, -0.1) is 0 Å². The van der Waals surface area contributed by atoms with Crippen LogP contribution >= 0.6 is 11.6 Å². The minimum Gasteiger partial charge on any atom is -0.495 e. The molecule has 0 radical (unpaired) electrons. The summed E-state index contributed by atoms with van der Waals surface area (Å²) in [7, 11) is 3.39. The molecule has 10 nitrogen and oxygen atoms in total. The second kappa shape index (κ2) is 11.1. The first-order valence-electron chi connectivity index (χ1n) is 12.6. The van der Waals surface area contributed by atoms with Gasteiger partial charge in [0.25, 0.3) is 0 Å². The van der Waals surface area contributed by atoms with E-state index in [2.05, 4.69) is 49.8 Å². The zero-order chi connectivity index (χ0) is 25.9. The number of rotatable bonds is 9. The van der Waals surface area contributed by atoms with Crippen molar-refractivity contribution in [3.63, 3.8) is 0 Å². The summed E-state index contributed by atoms with van der Waals surface area (Å²) < 4.78 is 16.4. The Labute approximate surface area is 221 Å². The van der Waals surface area contributed by atoms with Crippen molar-refractivity contribution in [1.82, 2.24) is 14.9 Å². The van der Waals surface area contributed by atoms with Crippen LogP contribution in [0.1, 0.15) is 17.5 Å². The predicted octanol–water partition coefficient (Wildman–Crippen LogP) is 3.38. The van der Waals surface area contributed by atoms with E-state index in [1.807, 2.05) is 0 Å². The van der Waals surface area contributed by atoms with Crippen LogP contribution in [0.25, 0.3) is 0 Å². The Hall–Kier alpha value is -3.08. The first-order chi connectivity index (χ1) is 17.9. The van der Waals surface area contributed by atoms with Crippen LogP contribution in [0, 0.1) is 11.8 Å². The summed E-state index contributed by atoms with van der Waals surface area (Å²) in [6, 6.07) is 4.04. The van der Waals surface area contributed by atoms with Crippen molar-refractivity contribution in [3.05, 3.63) is 46.6 Å². The molecule has 2 aromatic rings. The lowest BCUT2D eigenvalue weighted by molar-refractivity contribution is 0.0853. The molecule has 1 fully saturated rings. The van der Waals surface area contributed by atoms with Crippen molar-refractivity contribution in [2.24, 2.45) is 17.6 Å². The Balaban J connectivity index is 1.34. The number of fused-ring (bicyclic) bond motifs is 3. The molecule has 0 unspecified atom stereocenters. The summed E-state index contributed by atoms with van der Waals surface area (Å²) >= 11 is 6.45. The van der Waals surface area contributed by atoms with Crippen molar-refractivity contribution < 1.29 is 19.0 Å². The lowest BCUT2D eigenvalue weighted by Gasteiger charge is -2.28. The van der Waals surface area contributed by atoms with Crippen LogP contribution in [0.2, 0.25) is 5.02 Å². The number of anilines is 3. The van der Waals surface area contributed by atoms with Crippen molar-refractivity contribution in [1.29, 1.82) is 0 Å². The van der Waals surface area contributed by atoms with E-state index in [4.69, 9.17) is 31.5 Å². The number of methoxy groups -OCH3 is 2. The van der Waals surface area contributed by atoms with Gasteiger partial charge < -0.3 is 35.5 Å². The van der Waals surface area contributed by atoms with E-state index in [0.29, 0.717) is 16.8 Å². The minimum atomic E-state index is -0.786. The molecule has 198 valence electrons. The molecule has 1 aromatic carbocycles. The fourth-order valence-electron chi connectivity index (χ4n) is 5.58. The maximum absolute atomic E-state index is 11.5. The second-order valence-electron chi connectivity index (χ2n) is 9.69. The molecule has 2 heterocycles. The van der Waals surface area contributed by atoms with Crippen molar-refractivity contribution >= 4 is 35.1 Å². The maximum atomic E-state index is 11.5. The molecule has 4 N–H and O–H groups in total. The van der Waals surface area contributed by atoms with Crippen LogP contribution in [0.15, 0.2) is 30.5 Å². The number of benzene rings is 1. The molecular weight excluding hydrogens is 496 g/mol. The predicted molar refractivity (Wildman–Crippen MR) is 142 cm³/mol. The summed E-state index contributed by atoms with van der Waals surface area (Å²) in [4.78, 5) is 22.9. The van der Waals surface area contributed by atoms with E-state index >= 15 is 0 Å². The topological polar surface area (TPSA) is 124 Å². The van der Waals surface area contributed by atoms with E-state index < -0.39 is 6.09 Å². The molecule has 1 aliphatic heterocycles. The highest BCUT2D eigenvalue weighted by Crippen LogP contribution is 2.43. The Morgan fingerprint density at radius 2 is 1.95 bits per heavy atom. The van der Waals surface area contributed by atoms with Gasteiger partial charge in [0.2, 0.25) is 5.95 Å². The number of ether oxygens (including phenoxy) is 3.